The van der Waals surface area contributed by atoms with Gasteiger partial charge in [0.1, 0.15) is 14.9 Å². The first-order valence-electron chi connectivity index (χ1n) is 10.3. The van der Waals surface area contributed by atoms with Crippen LogP contribution in [0.5, 0.6) is 0 Å². The van der Waals surface area contributed by atoms with E-state index in [1.165, 1.54) is 0 Å². The molecule has 2 N–H and O–H groups in total. The molecule has 0 bridgehead atoms. The van der Waals surface area contributed by atoms with Crippen LogP contribution in [0.2, 0.25) is 10.0 Å². The maximum absolute atomic E-state index is 12.6. The van der Waals surface area contributed by atoms with E-state index in [0.29, 0.717) is 33.0 Å². The van der Waals surface area contributed by atoms with E-state index in [-0.39, 0.29) is 28.8 Å². The van der Waals surface area contributed by atoms with Crippen molar-refractivity contribution in [1.29, 1.82) is 0 Å². The fourth-order valence-electron chi connectivity index (χ4n) is 3.05. The van der Waals surface area contributed by atoms with Crippen molar-refractivity contribution in [3.63, 3.8) is 0 Å². The first-order chi connectivity index (χ1) is 16.2. The highest BCUT2D eigenvalue weighted by Gasteiger charge is 2.27. The van der Waals surface area contributed by atoms with Crippen molar-refractivity contribution in [2.45, 2.75) is 27.3 Å². The van der Waals surface area contributed by atoms with Crippen LogP contribution >= 0.6 is 46.8 Å². The number of hydrogen-bond donors (Lipinski definition) is 2. The molecular formula is C22H22Cl2N4O4S2. The lowest BCUT2D eigenvalue weighted by Gasteiger charge is -2.10. The van der Waals surface area contributed by atoms with Gasteiger partial charge in [0, 0.05) is 11.2 Å². The Bertz CT molecular complexity index is 1230. The molecule has 0 aliphatic rings. The molecular weight excluding hydrogens is 519 g/mol. The number of nitrogens with one attached hydrogen (secondary N) is 2. The van der Waals surface area contributed by atoms with Crippen molar-refractivity contribution in [2.75, 3.05) is 23.8 Å². The van der Waals surface area contributed by atoms with Gasteiger partial charge in [-0.3, -0.25) is 4.68 Å². The van der Waals surface area contributed by atoms with Gasteiger partial charge in [-0.1, -0.05) is 41.4 Å². The number of aromatic nitrogens is 2. The maximum atomic E-state index is 12.6. The first-order valence-corrected chi connectivity index (χ1v) is 12.2. The largest absolute Gasteiger partial charge is 0.462 e. The van der Waals surface area contributed by atoms with Crippen LogP contribution in [0.3, 0.4) is 0 Å². The van der Waals surface area contributed by atoms with Crippen molar-refractivity contribution in [2.24, 2.45) is 0 Å². The number of anilines is 2. The van der Waals surface area contributed by atoms with Gasteiger partial charge in [-0.25, -0.2) is 9.59 Å². The van der Waals surface area contributed by atoms with E-state index < -0.39 is 11.9 Å². The zero-order valence-electron chi connectivity index (χ0n) is 18.6. The normalized spacial score (nSPS) is 10.6. The first kappa shape index (κ1) is 26.0. The lowest BCUT2D eigenvalue weighted by molar-refractivity contribution is 0.0527. The summed E-state index contributed by atoms with van der Waals surface area (Å²) < 4.78 is 11.9. The topological polar surface area (TPSA) is 94.5 Å². The van der Waals surface area contributed by atoms with Crippen LogP contribution in [0.25, 0.3) is 0 Å². The third kappa shape index (κ3) is 6.06. The number of thiophene rings is 1. The van der Waals surface area contributed by atoms with Gasteiger partial charge in [0.2, 0.25) is 0 Å². The summed E-state index contributed by atoms with van der Waals surface area (Å²) >= 11 is 19.0. The minimum Gasteiger partial charge on any atom is -0.462 e. The van der Waals surface area contributed by atoms with E-state index in [1.54, 1.807) is 37.7 Å². The second kappa shape index (κ2) is 11.7. The summed E-state index contributed by atoms with van der Waals surface area (Å²) in [4.78, 5) is 25.2. The molecule has 2 heterocycles. The Morgan fingerprint density at radius 1 is 1.09 bits per heavy atom. The van der Waals surface area contributed by atoms with E-state index >= 15 is 0 Å². The molecule has 0 aliphatic heterocycles. The predicted molar refractivity (Wildman–Crippen MR) is 139 cm³/mol. The summed E-state index contributed by atoms with van der Waals surface area (Å²) in [5, 5.41) is 11.7. The van der Waals surface area contributed by atoms with E-state index in [2.05, 4.69) is 15.7 Å². The molecule has 0 fully saturated rings. The SMILES string of the molecule is CCOC(=O)c1sc(NC(=S)Nc2nn(Cc3ccccc3Cl)cc2Cl)c(C(=O)OCC)c1C. The van der Waals surface area contributed by atoms with Gasteiger partial charge in [-0.2, -0.15) is 5.10 Å². The molecule has 1 aromatic carbocycles. The van der Waals surface area contributed by atoms with Gasteiger partial charge in [0.15, 0.2) is 10.9 Å². The van der Waals surface area contributed by atoms with Crippen molar-refractivity contribution >= 4 is 74.6 Å². The van der Waals surface area contributed by atoms with E-state index in [1.807, 2.05) is 18.2 Å². The summed E-state index contributed by atoms with van der Waals surface area (Å²) in [5.41, 5.74) is 1.55. The highest BCUT2D eigenvalue weighted by molar-refractivity contribution is 7.80. The molecule has 0 unspecified atom stereocenters. The third-order valence-corrected chi connectivity index (χ3v) is 6.59. The Balaban J connectivity index is 1.80. The summed E-state index contributed by atoms with van der Waals surface area (Å²) in [6.07, 6.45) is 1.65. The minimum atomic E-state index is -0.570. The second-order valence-corrected chi connectivity index (χ2v) is 9.14. The van der Waals surface area contributed by atoms with E-state index in [4.69, 9.17) is 44.9 Å². The predicted octanol–water partition coefficient (Wildman–Crippen LogP) is 5.77. The van der Waals surface area contributed by atoms with Crippen LogP contribution in [0.4, 0.5) is 10.8 Å². The van der Waals surface area contributed by atoms with E-state index in [0.717, 1.165) is 16.9 Å². The number of nitrogens with zero attached hydrogens (tertiary/aromatic N) is 2. The zero-order chi connectivity index (χ0) is 24.8. The molecule has 0 spiro atoms. The molecule has 8 nitrogen and oxygen atoms in total. The number of halogens is 2. The molecule has 0 saturated carbocycles. The quantitative estimate of drug-likeness (QED) is 0.274. The number of rotatable bonds is 8. The number of carbonyl (C=O) groups excluding carboxylic acids is 2. The second-order valence-electron chi connectivity index (χ2n) is 6.90. The average molecular weight is 541 g/mol. The molecule has 0 amide bonds. The van der Waals surface area contributed by atoms with Gasteiger partial charge in [-0.15, -0.1) is 11.3 Å². The Labute approximate surface area is 216 Å². The fourth-order valence-corrected chi connectivity index (χ4v) is 4.80. The van der Waals surface area contributed by atoms with Crippen molar-refractivity contribution < 1.29 is 19.1 Å². The van der Waals surface area contributed by atoms with Gasteiger partial charge >= 0.3 is 11.9 Å². The summed E-state index contributed by atoms with van der Waals surface area (Å²) in [6.45, 7) is 5.88. The summed E-state index contributed by atoms with van der Waals surface area (Å²) in [6, 6.07) is 7.44. The number of esters is 2. The van der Waals surface area contributed by atoms with Crippen molar-refractivity contribution in [3.05, 3.63) is 62.1 Å². The van der Waals surface area contributed by atoms with Gasteiger partial charge in [-0.05, 0) is 50.2 Å². The monoisotopic (exact) mass is 540 g/mol. The smallest absolute Gasteiger partial charge is 0.348 e. The van der Waals surface area contributed by atoms with Crippen LogP contribution in [-0.4, -0.2) is 40.0 Å². The Morgan fingerprint density at radius 2 is 1.76 bits per heavy atom. The highest BCUT2D eigenvalue weighted by atomic mass is 35.5. The van der Waals surface area contributed by atoms with Crippen molar-refractivity contribution in [1.82, 2.24) is 9.78 Å². The fraction of sp³-hybridized carbons (Fsp3) is 0.273. The van der Waals surface area contributed by atoms with Crippen molar-refractivity contribution in [3.8, 4) is 0 Å². The van der Waals surface area contributed by atoms with E-state index in [9.17, 15) is 9.59 Å². The maximum Gasteiger partial charge on any atom is 0.348 e. The standard InChI is InChI=1S/C22H22Cl2N4O4S2/c1-4-31-20(29)16-12(3)17(21(30)32-5-2)34-19(16)26-22(33)25-18-15(24)11-28(27-18)10-13-8-6-7-9-14(13)23/h6-9,11H,4-5,10H2,1-3H3,(H2,25,26,27,33). The summed E-state index contributed by atoms with van der Waals surface area (Å²) in [5.74, 6) is -0.772. The van der Waals surface area contributed by atoms with Crippen LogP contribution in [0.15, 0.2) is 30.5 Å². The molecule has 12 heteroatoms. The molecule has 2 aromatic heterocycles. The summed E-state index contributed by atoms with van der Waals surface area (Å²) in [7, 11) is 0. The molecule has 180 valence electrons. The number of ether oxygens (including phenoxy) is 2. The van der Waals surface area contributed by atoms with Crippen LogP contribution in [0, 0.1) is 6.92 Å². The molecule has 34 heavy (non-hydrogen) atoms. The lowest BCUT2D eigenvalue weighted by Crippen LogP contribution is -2.21. The molecule has 0 radical (unpaired) electrons. The van der Waals surface area contributed by atoms with Gasteiger partial charge < -0.3 is 20.1 Å². The average Bonchev–Trinajstić information content (AvgIpc) is 3.28. The number of hydrogen-bond acceptors (Lipinski definition) is 7. The Morgan fingerprint density at radius 3 is 2.44 bits per heavy atom. The minimum absolute atomic E-state index is 0.132. The van der Waals surface area contributed by atoms with Gasteiger partial charge in [0.25, 0.3) is 0 Å². The third-order valence-electron chi connectivity index (χ3n) is 4.55. The highest BCUT2D eigenvalue weighted by Crippen LogP contribution is 2.34. The van der Waals surface area contributed by atoms with Crippen LogP contribution in [-0.2, 0) is 16.0 Å². The molecule has 0 saturated heterocycles. The van der Waals surface area contributed by atoms with Crippen LogP contribution < -0.4 is 10.6 Å². The Kier molecular flexibility index (Phi) is 8.90. The molecule has 3 rings (SSSR count). The molecule has 0 aliphatic carbocycles. The van der Waals surface area contributed by atoms with Crippen LogP contribution in [0.1, 0.15) is 45.0 Å². The molecule has 3 aromatic rings. The molecule has 0 atom stereocenters. The van der Waals surface area contributed by atoms with Gasteiger partial charge in [0.05, 0.1) is 25.3 Å². The lowest BCUT2D eigenvalue weighted by atomic mass is 10.1. The zero-order valence-corrected chi connectivity index (χ0v) is 21.8. The Hall–Kier alpha value is -2.66. The number of benzene rings is 1. The number of thiocarbonyl (C=S) groups is 1. The number of carbonyl (C=O) groups is 2.